The van der Waals surface area contributed by atoms with Gasteiger partial charge in [0.25, 0.3) is 11.8 Å². The molecule has 0 radical (unpaired) electrons. The highest BCUT2D eigenvalue weighted by Crippen LogP contribution is 2.49. The van der Waals surface area contributed by atoms with Gasteiger partial charge in [-0.15, -0.1) is 0 Å². The summed E-state index contributed by atoms with van der Waals surface area (Å²) >= 11 is 0. The van der Waals surface area contributed by atoms with Crippen molar-refractivity contribution in [3.05, 3.63) is 202 Å². The number of aliphatic hydroxyl groups is 1. The smallest absolute Gasteiger partial charge is 0.262 e. The third kappa shape index (κ3) is 8.32. The molecule has 366 valence electrons. The lowest BCUT2D eigenvalue weighted by atomic mass is 9.87. The summed E-state index contributed by atoms with van der Waals surface area (Å²) in [4.78, 5) is 34.5. The van der Waals surface area contributed by atoms with Gasteiger partial charge in [0.2, 0.25) is 0 Å². The Balaban J connectivity index is 1.16. The molecular formula is C58H49F4N3O7. The first-order chi connectivity index (χ1) is 34.8. The van der Waals surface area contributed by atoms with Gasteiger partial charge in [-0.25, -0.2) is 17.6 Å². The van der Waals surface area contributed by atoms with E-state index in [0.717, 1.165) is 51.4 Å². The van der Waals surface area contributed by atoms with Crippen LogP contribution in [0.3, 0.4) is 0 Å². The molecule has 0 saturated carbocycles. The Labute approximate surface area is 411 Å². The topological polar surface area (TPSA) is 115 Å². The van der Waals surface area contributed by atoms with Gasteiger partial charge in [-0.2, -0.15) is 0 Å². The lowest BCUT2D eigenvalue weighted by Crippen LogP contribution is -2.59. The van der Waals surface area contributed by atoms with Crippen molar-refractivity contribution in [1.82, 2.24) is 14.5 Å². The van der Waals surface area contributed by atoms with Crippen LogP contribution in [0.15, 0.2) is 140 Å². The van der Waals surface area contributed by atoms with Crippen molar-refractivity contribution < 1.29 is 51.2 Å². The summed E-state index contributed by atoms with van der Waals surface area (Å²) < 4.78 is 91.7. The molecule has 5 atom stereocenters. The zero-order chi connectivity index (χ0) is 50.0. The number of carbonyl (C=O) groups excluding carboxylic acids is 2. The molecule has 2 aliphatic rings. The predicted octanol–water partition coefficient (Wildman–Crippen LogP) is 11.7. The predicted molar refractivity (Wildman–Crippen MR) is 264 cm³/mol. The minimum atomic E-state index is -1.39. The average molecular weight is 976 g/mol. The lowest BCUT2D eigenvalue weighted by Gasteiger charge is -2.46. The van der Waals surface area contributed by atoms with Gasteiger partial charge in [0, 0.05) is 39.2 Å². The Morgan fingerprint density at radius 2 is 1.10 bits per heavy atom. The average Bonchev–Trinajstić information content (AvgIpc) is 3.98. The summed E-state index contributed by atoms with van der Waals surface area (Å²) in [6.07, 6.45) is -5.76. The molecule has 11 rings (SSSR count). The Bertz CT molecular complexity index is 3520. The van der Waals surface area contributed by atoms with Crippen LogP contribution in [-0.2, 0) is 50.7 Å². The molecule has 2 amide bonds. The van der Waals surface area contributed by atoms with Gasteiger partial charge in [-0.05, 0) is 45.4 Å². The number of aromatic amines is 1. The van der Waals surface area contributed by atoms with Crippen molar-refractivity contribution in [2.75, 3.05) is 6.61 Å². The largest absolute Gasteiger partial charge is 0.394 e. The van der Waals surface area contributed by atoms with Crippen molar-refractivity contribution in [2.24, 2.45) is 0 Å². The second-order valence-electron chi connectivity index (χ2n) is 19.5. The minimum Gasteiger partial charge on any atom is -0.394 e. The van der Waals surface area contributed by atoms with Crippen LogP contribution in [0.1, 0.15) is 75.5 Å². The Morgan fingerprint density at radius 1 is 0.597 bits per heavy atom. The quantitative estimate of drug-likeness (QED) is 0.0873. The Kier molecular flexibility index (Phi) is 12.3. The SMILES string of the molecule is CC(C)(C)c1ccc(CN2C(=O)c3c(c4c5cc(F)c(F)cc5n([C@@H]5O[C@H](CO)[C@@H](OCc6ccccc6)[C@H](OCc6ccccc6)[C@H]5OCc5ccccc5)c4c4[nH]c5cc(F)c(F)cc5c34)C2=O)cc1. The maximum Gasteiger partial charge on any atom is 0.262 e. The monoisotopic (exact) mass is 975 g/mol. The number of amides is 2. The van der Waals surface area contributed by atoms with Crippen LogP contribution in [-0.4, -0.2) is 62.4 Å². The molecule has 72 heavy (non-hydrogen) atoms. The van der Waals surface area contributed by atoms with Crippen molar-refractivity contribution in [3.8, 4) is 0 Å². The number of hydrogen-bond donors (Lipinski definition) is 2. The molecule has 1 saturated heterocycles. The van der Waals surface area contributed by atoms with E-state index in [-0.39, 0.29) is 86.5 Å². The van der Waals surface area contributed by atoms with E-state index in [1.165, 1.54) is 0 Å². The standard InChI is InChI=1S/C58H49F4N3O7/c1-58(2,3)36-21-19-32(20-22-36)27-64-55(67)48-46-37-23-39(59)41(61)25-43(37)63-50(46)51-47(49(48)56(64)68)38-24-40(60)42(62)26-44(38)65(51)57-54(71-31-35-17-11-6-12-18-35)53(70-30-34-15-9-5-10-16-34)52(45(28-66)72-57)69-29-33-13-7-4-8-14-33/h4-26,45,52-54,57,63,66H,27-31H2,1-3H3/t45-,52-,53+,54-,57-/m1/s1. The molecule has 10 nitrogen and oxygen atoms in total. The van der Waals surface area contributed by atoms with Crippen LogP contribution in [0.4, 0.5) is 17.6 Å². The van der Waals surface area contributed by atoms with E-state index in [9.17, 15) is 5.11 Å². The fraction of sp³-hybridized carbons (Fsp3) is 0.241. The maximum absolute atomic E-state index is 16.1. The molecule has 2 N–H and O–H groups in total. The zero-order valence-corrected chi connectivity index (χ0v) is 39.5. The molecule has 7 aromatic carbocycles. The molecule has 1 fully saturated rings. The molecule has 2 aliphatic heterocycles. The Morgan fingerprint density at radius 3 is 1.65 bits per heavy atom. The molecule has 0 unspecified atom stereocenters. The van der Waals surface area contributed by atoms with E-state index in [4.69, 9.17) is 18.9 Å². The first-order valence-electron chi connectivity index (χ1n) is 23.8. The number of H-pyrrole nitrogens is 1. The third-order valence-electron chi connectivity index (χ3n) is 13.8. The van der Waals surface area contributed by atoms with E-state index in [1.54, 1.807) is 4.57 Å². The third-order valence-corrected chi connectivity index (χ3v) is 13.8. The van der Waals surface area contributed by atoms with Gasteiger partial charge in [0.05, 0.1) is 60.6 Å². The van der Waals surface area contributed by atoms with Gasteiger partial charge in [0.15, 0.2) is 29.5 Å². The van der Waals surface area contributed by atoms with Crippen LogP contribution < -0.4 is 0 Å². The number of aliphatic hydroxyl groups excluding tert-OH is 1. The number of halogens is 4. The number of ether oxygens (including phenoxy) is 4. The zero-order valence-electron chi connectivity index (χ0n) is 39.5. The number of benzene rings is 7. The molecular weight excluding hydrogens is 927 g/mol. The fourth-order valence-electron chi connectivity index (χ4n) is 10.3. The fourth-order valence-corrected chi connectivity index (χ4v) is 10.3. The minimum absolute atomic E-state index is 0.000311. The van der Waals surface area contributed by atoms with E-state index >= 15 is 27.2 Å². The van der Waals surface area contributed by atoms with Crippen molar-refractivity contribution >= 4 is 55.4 Å². The van der Waals surface area contributed by atoms with Gasteiger partial charge in [0.1, 0.15) is 24.4 Å². The van der Waals surface area contributed by atoms with E-state index < -0.39 is 72.3 Å². The normalized spacial score (nSPS) is 19.4. The number of nitrogens with zero attached hydrogens (tertiary/aromatic N) is 2. The molecule has 0 aliphatic carbocycles. The van der Waals surface area contributed by atoms with Crippen LogP contribution >= 0.6 is 0 Å². The molecule has 2 aromatic heterocycles. The number of imide groups is 1. The number of nitrogens with one attached hydrogen (secondary N) is 1. The highest BCUT2D eigenvalue weighted by Gasteiger charge is 2.51. The summed E-state index contributed by atoms with van der Waals surface area (Å²) in [6.45, 7) is 5.61. The van der Waals surface area contributed by atoms with Crippen LogP contribution in [0.5, 0.6) is 0 Å². The van der Waals surface area contributed by atoms with Gasteiger partial charge in [-0.1, -0.05) is 136 Å². The maximum atomic E-state index is 16.1. The number of rotatable bonds is 13. The summed E-state index contributed by atoms with van der Waals surface area (Å²) in [6, 6.07) is 39.6. The number of fused-ring (bicyclic) bond motifs is 10. The molecule has 0 bridgehead atoms. The summed E-state index contributed by atoms with van der Waals surface area (Å²) in [5.74, 6) is -6.31. The summed E-state index contributed by atoms with van der Waals surface area (Å²) in [5, 5.41) is 11.6. The highest BCUT2D eigenvalue weighted by atomic mass is 19.2. The van der Waals surface area contributed by atoms with Crippen LogP contribution in [0.25, 0.3) is 43.6 Å². The van der Waals surface area contributed by atoms with Gasteiger partial charge >= 0.3 is 0 Å². The van der Waals surface area contributed by atoms with E-state index in [1.807, 2.05) is 115 Å². The Hall–Kier alpha value is -7.20. The first kappa shape index (κ1) is 47.1. The van der Waals surface area contributed by atoms with Crippen molar-refractivity contribution in [3.63, 3.8) is 0 Å². The molecule has 0 spiro atoms. The second-order valence-corrected chi connectivity index (χ2v) is 19.5. The van der Waals surface area contributed by atoms with Crippen molar-refractivity contribution in [1.29, 1.82) is 0 Å². The summed E-state index contributed by atoms with van der Waals surface area (Å²) in [7, 11) is 0. The molecule has 9 aromatic rings. The van der Waals surface area contributed by atoms with Crippen LogP contribution in [0.2, 0.25) is 0 Å². The second kappa shape index (κ2) is 18.8. The van der Waals surface area contributed by atoms with Crippen LogP contribution in [0, 0.1) is 23.3 Å². The van der Waals surface area contributed by atoms with E-state index in [0.29, 0.717) is 5.56 Å². The number of aromatic nitrogens is 2. The van der Waals surface area contributed by atoms with Gasteiger partial charge < -0.3 is 33.6 Å². The van der Waals surface area contributed by atoms with Gasteiger partial charge in [-0.3, -0.25) is 14.5 Å². The highest BCUT2D eigenvalue weighted by molar-refractivity contribution is 6.39. The summed E-state index contributed by atoms with van der Waals surface area (Å²) in [5.41, 5.74) is 3.98. The number of hydrogen-bond acceptors (Lipinski definition) is 7. The lowest BCUT2D eigenvalue weighted by molar-refractivity contribution is -0.286. The first-order valence-corrected chi connectivity index (χ1v) is 23.8. The van der Waals surface area contributed by atoms with Crippen molar-refractivity contribution in [2.45, 2.75) is 83.2 Å². The molecule has 14 heteroatoms. The number of carbonyl (C=O) groups is 2. The molecule has 4 heterocycles. The van der Waals surface area contributed by atoms with E-state index in [2.05, 4.69) is 25.8 Å².